The summed E-state index contributed by atoms with van der Waals surface area (Å²) in [5, 5.41) is 26.1. The molecule has 0 spiro atoms. The first-order valence-corrected chi connectivity index (χ1v) is 15.8. The smallest absolute Gasteiger partial charge is 0.241 e. The molecule has 3 aromatic carbocycles. The van der Waals surface area contributed by atoms with Crippen LogP contribution in [-0.2, 0) is 10.3 Å². The zero-order valence-corrected chi connectivity index (χ0v) is 24.0. The fourth-order valence-corrected chi connectivity index (χ4v) is 10.2. The molecule has 9 rings (SSSR count). The molecule has 1 heterocycles. The Morgan fingerprint density at radius 1 is 0.833 bits per heavy atom. The first-order chi connectivity index (χ1) is 20.4. The van der Waals surface area contributed by atoms with Crippen molar-refractivity contribution in [2.24, 2.45) is 23.2 Å². The van der Waals surface area contributed by atoms with Crippen molar-refractivity contribution in [1.82, 2.24) is 10.2 Å². The summed E-state index contributed by atoms with van der Waals surface area (Å²) in [4.78, 5) is 17.1. The van der Waals surface area contributed by atoms with Crippen LogP contribution in [0.15, 0.2) is 91.0 Å². The van der Waals surface area contributed by atoms with Crippen LogP contribution in [0.3, 0.4) is 0 Å². The average molecular weight is 558 g/mol. The molecule has 5 saturated carbocycles. The van der Waals surface area contributed by atoms with Gasteiger partial charge in [-0.25, -0.2) is 0 Å². The number of hydrogen-bond donors (Lipinski definition) is 2. The molecule has 214 valence electrons. The normalized spacial score (nSPS) is 35.0. The predicted molar refractivity (Wildman–Crippen MR) is 161 cm³/mol. The first-order valence-electron chi connectivity index (χ1n) is 15.8. The van der Waals surface area contributed by atoms with Crippen LogP contribution in [0.1, 0.15) is 68.1 Å². The van der Waals surface area contributed by atoms with Gasteiger partial charge >= 0.3 is 0 Å². The number of nitrogens with one attached hydrogen (secondary N) is 1. The van der Waals surface area contributed by atoms with Crippen LogP contribution < -0.4 is 5.32 Å². The number of rotatable bonds is 7. The van der Waals surface area contributed by atoms with Crippen LogP contribution in [-0.4, -0.2) is 39.6 Å². The lowest BCUT2D eigenvalue weighted by Gasteiger charge is -2.63. The van der Waals surface area contributed by atoms with Crippen molar-refractivity contribution in [2.45, 2.75) is 80.6 Å². The molecule has 42 heavy (non-hydrogen) atoms. The number of benzene rings is 3. The number of nitrogens with zero attached hydrogens (tertiary/aromatic N) is 2. The quantitative estimate of drug-likeness (QED) is 0.361. The van der Waals surface area contributed by atoms with E-state index in [-0.39, 0.29) is 23.4 Å². The van der Waals surface area contributed by atoms with Crippen LogP contribution in [0.4, 0.5) is 0 Å². The zero-order chi connectivity index (χ0) is 28.5. The molecule has 5 nitrogen and oxygen atoms in total. The second-order valence-electron chi connectivity index (χ2n) is 14.2. The van der Waals surface area contributed by atoms with E-state index in [9.17, 15) is 10.4 Å². The van der Waals surface area contributed by atoms with Gasteiger partial charge in [-0.15, -0.1) is 0 Å². The van der Waals surface area contributed by atoms with Crippen LogP contribution in [0.5, 0.6) is 0 Å². The monoisotopic (exact) mass is 557 g/mol. The summed E-state index contributed by atoms with van der Waals surface area (Å²) in [5.74, 6) is 1.38. The lowest BCUT2D eigenvalue weighted by atomic mass is 9.46. The maximum Gasteiger partial charge on any atom is 0.241 e. The number of likely N-dealkylation sites (tertiary alicyclic amines) is 1. The van der Waals surface area contributed by atoms with Gasteiger partial charge in [0.1, 0.15) is 6.04 Å². The topological polar surface area (TPSA) is 76.4 Å². The Labute approximate surface area is 248 Å². The van der Waals surface area contributed by atoms with Crippen molar-refractivity contribution in [1.29, 1.82) is 5.26 Å². The van der Waals surface area contributed by atoms with E-state index in [1.54, 1.807) is 0 Å². The van der Waals surface area contributed by atoms with Gasteiger partial charge in [0.2, 0.25) is 5.91 Å². The summed E-state index contributed by atoms with van der Waals surface area (Å²) in [5.41, 5.74) is 1.34. The average Bonchev–Trinajstić information content (AvgIpc) is 3.66. The summed E-state index contributed by atoms with van der Waals surface area (Å²) >= 11 is 0. The van der Waals surface area contributed by atoms with E-state index >= 15 is 4.79 Å². The van der Waals surface area contributed by atoms with Gasteiger partial charge in [0.05, 0.1) is 23.3 Å². The van der Waals surface area contributed by atoms with Crippen molar-refractivity contribution in [3.05, 3.63) is 108 Å². The number of nitriles is 1. The molecule has 0 radical (unpaired) electrons. The molecule has 0 aromatic heterocycles. The number of hydrogen-bond acceptors (Lipinski definition) is 4. The third-order valence-corrected chi connectivity index (χ3v) is 11.4. The van der Waals surface area contributed by atoms with E-state index in [4.69, 9.17) is 0 Å². The standard InChI is InChI=1S/C37H39N3O2/c38-23-31-17-27-18-32(27)40(31)34(41)33(35-19-25-16-26(20-35)22-36(42,21-25)24-35)39-37(28-10-4-1-5-11-28,29-12-6-2-7-13-29)30-14-8-3-9-15-30/h1-15,25-27,31-33,39,42H,16-22,24H2/t25?,26?,27-,31?,32?,33-,35?,36?/m1/s1. The highest BCUT2D eigenvalue weighted by atomic mass is 16.3. The number of fused-ring (bicyclic) bond motifs is 1. The van der Waals surface area contributed by atoms with Crippen molar-refractivity contribution in [3.8, 4) is 6.07 Å². The minimum Gasteiger partial charge on any atom is -0.390 e. The highest BCUT2D eigenvalue weighted by molar-refractivity contribution is 5.85. The van der Waals surface area contributed by atoms with Gasteiger partial charge < -0.3 is 10.0 Å². The molecule has 5 heteroatoms. The maximum atomic E-state index is 15.2. The van der Waals surface area contributed by atoms with Gasteiger partial charge in [-0.2, -0.15) is 5.26 Å². The molecular formula is C37H39N3O2. The zero-order valence-electron chi connectivity index (χ0n) is 24.0. The molecule has 3 aromatic rings. The molecule has 1 saturated heterocycles. The Kier molecular flexibility index (Phi) is 5.94. The fraction of sp³-hybridized carbons (Fsp3) is 0.459. The molecule has 2 N–H and O–H groups in total. The molecule has 1 amide bonds. The molecule has 6 atom stereocenters. The Bertz CT molecular complexity index is 1410. The third-order valence-electron chi connectivity index (χ3n) is 11.4. The fourth-order valence-electron chi connectivity index (χ4n) is 10.2. The molecule has 5 aliphatic carbocycles. The van der Waals surface area contributed by atoms with Crippen molar-refractivity contribution in [3.63, 3.8) is 0 Å². The van der Waals surface area contributed by atoms with Gasteiger partial charge in [0, 0.05) is 6.04 Å². The van der Waals surface area contributed by atoms with Gasteiger partial charge in [0.25, 0.3) is 0 Å². The van der Waals surface area contributed by atoms with E-state index in [1.165, 1.54) is 0 Å². The first kappa shape index (κ1) is 26.2. The maximum absolute atomic E-state index is 15.2. The third kappa shape index (κ3) is 3.99. The summed E-state index contributed by atoms with van der Waals surface area (Å²) in [6.45, 7) is 0. The van der Waals surface area contributed by atoms with Crippen LogP contribution >= 0.6 is 0 Å². The van der Waals surface area contributed by atoms with E-state index in [0.717, 1.165) is 61.6 Å². The number of piperidine rings is 1. The highest BCUT2D eigenvalue weighted by Gasteiger charge is 2.64. The van der Waals surface area contributed by atoms with E-state index in [2.05, 4.69) is 84.2 Å². The summed E-state index contributed by atoms with van der Waals surface area (Å²) < 4.78 is 0. The van der Waals surface area contributed by atoms with Crippen LogP contribution in [0, 0.1) is 34.5 Å². The second kappa shape index (κ2) is 9.53. The minimum atomic E-state index is -0.805. The van der Waals surface area contributed by atoms with Crippen LogP contribution in [0.25, 0.3) is 0 Å². The Balaban J connectivity index is 1.33. The van der Waals surface area contributed by atoms with E-state index < -0.39 is 17.2 Å². The lowest BCUT2D eigenvalue weighted by molar-refractivity contribution is -0.182. The summed E-state index contributed by atoms with van der Waals surface area (Å²) in [7, 11) is 0. The van der Waals surface area contributed by atoms with Gasteiger partial charge in [-0.1, -0.05) is 91.0 Å². The Hall–Kier alpha value is -3.46. The van der Waals surface area contributed by atoms with Crippen molar-refractivity contribution in [2.75, 3.05) is 0 Å². The van der Waals surface area contributed by atoms with Gasteiger partial charge in [-0.3, -0.25) is 10.1 Å². The van der Waals surface area contributed by atoms with E-state index in [1.807, 2.05) is 23.1 Å². The number of amides is 1. The molecule has 1 aliphatic heterocycles. The van der Waals surface area contributed by atoms with Gasteiger partial charge in [-0.05, 0) is 91.2 Å². The molecule has 4 bridgehead atoms. The minimum absolute atomic E-state index is 0.0595. The molecule has 6 fully saturated rings. The van der Waals surface area contributed by atoms with E-state index in [0.29, 0.717) is 24.2 Å². The Morgan fingerprint density at radius 3 is 1.83 bits per heavy atom. The molecular weight excluding hydrogens is 518 g/mol. The lowest BCUT2D eigenvalue weighted by Crippen LogP contribution is -2.68. The Morgan fingerprint density at radius 2 is 1.36 bits per heavy atom. The van der Waals surface area contributed by atoms with Crippen LogP contribution in [0.2, 0.25) is 0 Å². The van der Waals surface area contributed by atoms with Crippen molar-refractivity contribution < 1.29 is 9.90 Å². The predicted octanol–water partition coefficient (Wildman–Crippen LogP) is 5.78. The van der Waals surface area contributed by atoms with Gasteiger partial charge in [0.15, 0.2) is 0 Å². The summed E-state index contributed by atoms with van der Waals surface area (Å²) in [6.07, 6.45) is 7.17. The summed E-state index contributed by atoms with van der Waals surface area (Å²) in [6, 6.07) is 33.2. The van der Waals surface area contributed by atoms with Crippen molar-refractivity contribution >= 4 is 5.91 Å². The molecule has 4 unspecified atom stereocenters. The number of carbonyl (C=O) groups excluding carboxylic acids is 1. The largest absolute Gasteiger partial charge is 0.390 e. The SMILES string of the molecule is N#CC1C[C@@H]2CC2N1C(=O)[C@@H](NC(c1ccccc1)(c1ccccc1)c1ccccc1)C12CC3CC(CC(O)(C3)C1)C2. The number of aliphatic hydroxyl groups is 1. The highest BCUT2D eigenvalue weighted by Crippen LogP contribution is 2.64. The number of carbonyl (C=O) groups is 1. The second-order valence-corrected chi connectivity index (χ2v) is 14.2. The molecule has 6 aliphatic rings.